The van der Waals surface area contributed by atoms with Crippen molar-refractivity contribution < 1.29 is 13.2 Å². The van der Waals surface area contributed by atoms with E-state index in [1.165, 1.54) is 36.5 Å². The lowest BCUT2D eigenvalue weighted by Crippen LogP contribution is -2.25. The number of nitrogens with two attached hydrogens (primary N) is 1. The number of pyridine rings is 1. The van der Waals surface area contributed by atoms with Crippen molar-refractivity contribution in [1.82, 2.24) is 10.3 Å². The summed E-state index contributed by atoms with van der Waals surface area (Å²) in [5, 5.41) is 14.1. The molecule has 11 heteroatoms. The molecule has 138 valence electrons. The van der Waals surface area contributed by atoms with Crippen LogP contribution < -0.4 is 21.1 Å². The summed E-state index contributed by atoms with van der Waals surface area (Å²) >= 11 is 5.01. The van der Waals surface area contributed by atoms with E-state index in [1.807, 2.05) is 0 Å². The van der Waals surface area contributed by atoms with Gasteiger partial charge in [-0.05, 0) is 48.6 Å². The predicted molar refractivity (Wildman–Crippen MR) is 104 cm³/mol. The maximum absolute atomic E-state index is 12.3. The van der Waals surface area contributed by atoms with Crippen LogP contribution in [-0.4, -0.2) is 24.4 Å². The van der Waals surface area contributed by atoms with Gasteiger partial charge in [0.2, 0.25) is 0 Å². The highest BCUT2D eigenvalue weighted by Gasteiger charge is 2.14. The van der Waals surface area contributed by atoms with Crippen LogP contribution in [0.25, 0.3) is 0 Å². The molecular formula is C16H14N6O3S2. The van der Waals surface area contributed by atoms with Gasteiger partial charge >= 0.3 is 0 Å². The van der Waals surface area contributed by atoms with Gasteiger partial charge in [-0.15, -0.1) is 0 Å². The number of thiocarbonyl (C=S) groups is 1. The Morgan fingerprint density at radius 3 is 2.48 bits per heavy atom. The zero-order valence-corrected chi connectivity index (χ0v) is 15.3. The van der Waals surface area contributed by atoms with E-state index < -0.39 is 15.9 Å². The van der Waals surface area contributed by atoms with Crippen LogP contribution >= 0.6 is 12.2 Å². The Hall–Kier alpha value is -3.49. The molecule has 27 heavy (non-hydrogen) atoms. The van der Waals surface area contributed by atoms with Crippen molar-refractivity contribution in [1.29, 1.82) is 5.26 Å². The smallest absolute Gasteiger partial charge is 0.263 e. The first-order valence-electron chi connectivity index (χ1n) is 7.33. The lowest BCUT2D eigenvalue weighted by molar-refractivity contribution is -0.114. The Kier molecular flexibility index (Phi) is 6.42. The Morgan fingerprint density at radius 1 is 1.22 bits per heavy atom. The van der Waals surface area contributed by atoms with E-state index in [4.69, 9.17) is 23.2 Å². The van der Waals surface area contributed by atoms with Crippen molar-refractivity contribution in [3.05, 3.63) is 60.4 Å². The van der Waals surface area contributed by atoms with E-state index in [2.05, 4.69) is 20.3 Å². The van der Waals surface area contributed by atoms with Crippen LogP contribution in [0, 0.1) is 11.3 Å². The standard InChI is InChI=1S/C16H14N6O3S2/c17-9-11(15(18)23)10-20-16(26)21-12-4-6-13(7-5-12)27(24,25)22-14-3-1-2-8-19-14/h1-8,10H,(H2,18,23)(H,19,22)(H2,20,21,26)/b11-10+. The third-order valence-corrected chi connectivity index (χ3v) is 4.65. The van der Waals surface area contributed by atoms with Crippen LogP contribution in [0.15, 0.2) is 65.3 Å². The van der Waals surface area contributed by atoms with Gasteiger partial charge in [0, 0.05) is 18.1 Å². The molecule has 1 heterocycles. The summed E-state index contributed by atoms with van der Waals surface area (Å²) < 4.78 is 27.0. The fraction of sp³-hybridized carbons (Fsp3) is 0. The third kappa shape index (κ3) is 5.77. The number of nitrogens with one attached hydrogen (secondary N) is 3. The van der Waals surface area contributed by atoms with Gasteiger partial charge in [0.15, 0.2) is 5.11 Å². The summed E-state index contributed by atoms with van der Waals surface area (Å²) in [6.07, 6.45) is 2.55. The number of nitrogens with zero attached hydrogens (tertiary/aromatic N) is 2. The Bertz CT molecular complexity index is 1010. The number of amides is 1. The molecule has 9 nitrogen and oxygen atoms in total. The molecule has 0 aliphatic heterocycles. The maximum atomic E-state index is 12.3. The number of anilines is 2. The molecule has 1 aromatic heterocycles. The lowest BCUT2D eigenvalue weighted by Gasteiger charge is -2.10. The summed E-state index contributed by atoms with van der Waals surface area (Å²) in [4.78, 5) is 14.9. The summed E-state index contributed by atoms with van der Waals surface area (Å²) in [5.41, 5.74) is 5.20. The average Bonchev–Trinajstić information content (AvgIpc) is 2.63. The summed E-state index contributed by atoms with van der Waals surface area (Å²) in [6, 6.07) is 12.3. The molecule has 5 N–H and O–H groups in total. The van der Waals surface area contributed by atoms with Crippen LogP contribution in [0.2, 0.25) is 0 Å². The Labute approximate surface area is 161 Å². The summed E-state index contributed by atoms with van der Waals surface area (Å²) in [7, 11) is -3.78. The predicted octanol–water partition coefficient (Wildman–Crippen LogP) is 1.06. The number of hydrogen-bond acceptors (Lipinski definition) is 6. The van der Waals surface area contributed by atoms with E-state index >= 15 is 0 Å². The Morgan fingerprint density at radius 2 is 1.93 bits per heavy atom. The summed E-state index contributed by atoms with van der Waals surface area (Å²) in [6.45, 7) is 0. The Balaban J connectivity index is 2.03. The van der Waals surface area contributed by atoms with Gasteiger partial charge in [0.1, 0.15) is 17.5 Å². The molecule has 2 rings (SSSR count). The maximum Gasteiger partial charge on any atom is 0.263 e. The van der Waals surface area contributed by atoms with Crippen molar-refractivity contribution in [3.63, 3.8) is 0 Å². The van der Waals surface area contributed by atoms with Gasteiger partial charge in [0.05, 0.1) is 4.90 Å². The van der Waals surface area contributed by atoms with Crippen molar-refractivity contribution in [2.75, 3.05) is 10.0 Å². The molecule has 1 aromatic carbocycles. The number of aromatic nitrogens is 1. The number of primary amides is 1. The first-order valence-corrected chi connectivity index (χ1v) is 9.22. The van der Waals surface area contributed by atoms with Crippen LogP contribution in [0.3, 0.4) is 0 Å². The minimum atomic E-state index is -3.78. The van der Waals surface area contributed by atoms with Crippen molar-refractivity contribution in [3.8, 4) is 6.07 Å². The van der Waals surface area contributed by atoms with E-state index in [-0.39, 0.29) is 21.4 Å². The molecule has 0 aliphatic rings. The second kappa shape index (κ2) is 8.75. The van der Waals surface area contributed by atoms with E-state index in [9.17, 15) is 13.2 Å². The summed E-state index contributed by atoms with van der Waals surface area (Å²) in [5.74, 6) is -0.678. The van der Waals surface area contributed by atoms with E-state index in [1.54, 1.807) is 18.2 Å². The largest absolute Gasteiger partial charge is 0.365 e. The molecule has 0 spiro atoms. The second-order valence-electron chi connectivity index (χ2n) is 4.98. The minimum absolute atomic E-state index is 0.0398. The highest BCUT2D eigenvalue weighted by Crippen LogP contribution is 2.17. The average molecular weight is 402 g/mol. The van der Waals surface area contributed by atoms with Gasteiger partial charge in [-0.3, -0.25) is 9.52 Å². The molecule has 0 atom stereocenters. The van der Waals surface area contributed by atoms with Crippen molar-refractivity contribution >= 4 is 44.8 Å². The van der Waals surface area contributed by atoms with Crippen molar-refractivity contribution in [2.45, 2.75) is 4.90 Å². The molecule has 2 aromatic rings. The number of benzene rings is 1. The molecule has 0 fully saturated rings. The van der Waals surface area contributed by atoms with Crippen LogP contribution in [-0.2, 0) is 14.8 Å². The number of nitriles is 1. The number of carbonyl (C=O) groups is 1. The second-order valence-corrected chi connectivity index (χ2v) is 7.07. The highest BCUT2D eigenvalue weighted by atomic mass is 32.2. The van der Waals surface area contributed by atoms with Gasteiger partial charge in [0.25, 0.3) is 15.9 Å². The molecule has 0 saturated carbocycles. The van der Waals surface area contributed by atoms with Gasteiger partial charge in [-0.2, -0.15) is 5.26 Å². The lowest BCUT2D eigenvalue weighted by atomic mass is 10.3. The monoisotopic (exact) mass is 402 g/mol. The number of carbonyl (C=O) groups excluding carboxylic acids is 1. The molecule has 0 bridgehead atoms. The molecule has 0 radical (unpaired) electrons. The zero-order chi connectivity index (χ0) is 19.9. The molecule has 0 saturated heterocycles. The SMILES string of the molecule is N#C/C(=C\NC(=S)Nc1ccc(S(=O)(=O)Nc2ccccn2)cc1)C(N)=O. The van der Waals surface area contributed by atoms with E-state index in [0.717, 1.165) is 6.20 Å². The van der Waals surface area contributed by atoms with Crippen molar-refractivity contribution in [2.24, 2.45) is 5.73 Å². The molecule has 0 aliphatic carbocycles. The third-order valence-electron chi connectivity index (χ3n) is 3.06. The van der Waals surface area contributed by atoms with Gasteiger partial charge < -0.3 is 16.4 Å². The fourth-order valence-corrected chi connectivity index (χ4v) is 2.99. The van der Waals surface area contributed by atoms with Gasteiger partial charge in [-0.1, -0.05) is 6.07 Å². The minimum Gasteiger partial charge on any atom is -0.365 e. The number of hydrogen-bond donors (Lipinski definition) is 4. The zero-order valence-electron chi connectivity index (χ0n) is 13.7. The van der Waals surface area contributed by atoms with E-state index in [0.29, 0.717) is 5.69 Å². The molecule has 1 amide bonds. The first kappa shape index (κ1) is 19.8. The normalized spacial score (nSPS) is 11.1. The fourth-order valence-electron chi connectivity index (χ4n) is 1.80. The molecular weight excluding hydrogens is 388 g/mol. The van der Waals surface area contributed by atoms with Crippen LogP contribution in [0.5, 0.6) is 0 Å². The first-order chi connectivity index (χ1) is 12.8. The number of rotatable bonds is 6. The van der Waals surface area contributed by atoms with Crippen LogP contribution in [0.4, 0.5) is 11.5 Å². The quantitative estimate of drug-likeness (QED) is 0.318. The number of sulfonamides is 1. The molecule has 0 unspecified atom stereocenters. The highest BCUT2D eigenvalue weighted by molar-refractivity contribution is 7.92. The van der Waals surface area contributed by atoms with Gasteiger partial charge in [-0.25, -0.2) is 13.4 Å². The van der Waals surface area contributed by atoms with Crippen LogP contribution in [0.1, 0.15) is 0 Å². The topological polar surface area (TPSA) is 150 Å².